The lowest BCUT2D eigenvalue weighted by Gasteiger charge is -2.30. The highest BCUT2D eigenvalue weighted by molar-refractivity contribution is 5.82. The minimum absolute atomic E-state index is 0.0194. The number of carbonyl (C=O) groups excluding carboxylic acids is 1. The fourth-order valence-electron chi connectivity index (χ4n) is 2.72. The number of nitrogens with one attached hydrogen (secondary N) is 1. The molecule has 0 bridgehead atoms. The van der Waals surface area contributed by atoms with E-state index in [9.17, 15) is 9.90 Å². The van der Waals surface area contributed by atoms with Crippen molar-refractivity contribution in [2.75, 3.05) is 26.7 Å². The molecule has 6 heteroatoms. The zero-order valence-electron chi connectivity index (χ0n) is 12.0. The second-order valence-corrected chi connectivity index (χ2v) is 5.57. The molecule has 1 amide bonds. The molecule has 0 aromatic heterocycles. The van der Waals surface area contributed by atoms with Crippen molar-refractivity contribution in [2.24, 2.45) is 0 Å². The fourth-order valence-corrected chi connectivity index (χ4v) is 2.72. The summed E-state index contributed by atoms with van der Waals surface area (Å²) in [6, 6.07) is 7.21. The van der Waals surface area contributed by atoms with E-state index >= 15 is 0 Å². The largest absolute Gasteiger partial charge is 0.486 e. The van der Waals surface area contributed by atoms with Crippen molar-refractivity contribution >= 4 is 5.91 Å². The predicted molar refractivity (Wildman–Crippen MR) is 76.4 cm³/mol. The van der Waals surface area contributed by atoms with Crippen LogP contribution in [0.2, 0.25) is 0 Å². The topological polar surface area (TPSA) is 71.0 Å². The molecule has 1 fully saturated rings. The summed E-state index contributed by atoms with van der Waals surface area (Å²) in [5.74, 6) is 1.43. The number of fused-ring (bicyclic) bond motifs is 1. The third-order valence-corrected chi connectivity index (χ3v) is 3.83. The molecule has 0 radical (unpaired) electrons. The first kappa shape index (κ1) is 14.2. The smallest absolute Gasteiger partial charge is 0.239 e. The molecule has 0 saturated carbocycles. The Bertz CT molecular complexity index is 522. The van der Waals surface area contributed by atoms with Crippen molar-refractivity contribution in [3.63, 3.8) is 0 Å². The molecule has 1 saturated heterocycles. The van der Waals surface area contributed by atoms with Crippen LogP contribution in [-0.2, 0) is 4.79 Å². The van der Waals surface area contributed by atoms with Crippen molar-refractivity contribution in [3.05, 3.63) is 24.3 Å². The van der Waals surface area contributed by atoms with Gasteiger partial charge in [-0.3, -0.25) is 4.79 Å². The van der Waals surface area contributed by atoms with Crippen LogP contribution >= 0.6 is 0 Å². The second-order valence-electron chi connectivity index (χ2n) is 5.57. The minimum atomic E-state index is -0.437. The standard InChI is InChI=1S/C15H20N2O4/c1-17(15(19)12-6-10(18)7-16-12)8-11-9-20-13-4-2-3-5-14(13)21-11/h2-5,10-12,16,18H,6-9H2,1H3/t10-,11-,12-/m1/s1. The first-order valence-corrected chi connectivity index (χ1v) is 7.18. The van der Waals surface area contributed by atoms with E-state index in [2.05, 4.69) is 5.32 Å². The van der Waals surface area contributed by atoms with Crippen LogP contribution < -0.4 is 14.8 Å². The zero-order valence-corrected chi connectivity index (χ0v) is 12.0. The van der Waals surface area contributed by atoms with Gasteiger partial charge in [0.2, 0.25) is 5.91 Å². The normalized spacial score (nSPS) is 27.4. The van der Waals surface area contributed by atoms with Crippen LogP contribution in [0.4, 0.5) is 0 Å². The maximum atomic E-state index is 12.3. The number of aliphatic hydroxyl groups excluding tert-OH is 1. The Labute approximate surface area is 123 Å². The van der Waals surface area contributed by atoms with E-state index in [0.717, 1.165) is 5.75 Å². The summed E-state index contributed by atoms with van der Waals surface area (Å²) in [4.78, 5) is 13.9. The van der Waals surface area contributed by atoms with Crippen LogP contribution in [0, 0.1) is 0 Å². The van der Waals surface area contributed by atoms with Gasteiger partial charge in [0.1, 0.15) is 6.61 Å². The average Bonchev–Trinajstić information content (AvgIpc) is 2.93. The van der Waals surface area contributed by atoms with Gasteiger partial charge < -0.3 is 24.8 Å². The van der Waals surface area contributed by atoms with Gasteiger partial charge in [0, 0.05) is 13.6 Å². The van der Waals surface area contributed by atoms with Crippen molar-refractivity contribution in [2.45, 2.75) is 24.7 Å². The number of rotatable bonds is 3. The molecule has 1 aromatic carbocycles. The van der Waals surface area contributed by atoms with Gasteiger partial charge in [-0.15, -0.1) is 0 Å². The predicted octanol–water partition coefficient (Wildman–Crippen LogP) is 0.00760. The Balaban J connectivity index is 1.56. The van der Waals surface area contributed by atoms with Gasteiger partial charge >= 0.3 is 0 Å². The average molecular weight is 292 g/mol. The van der Waals surface area contributed by atoms with E-state index < -0.39 is 6.10 Å². The molecule has 3 rings (SSSR count). The number of hydrogen-bond donors (Lipinski definition) is 2. The molecule has 6 nitrogen and oxygen atoms in total. The van der Waals surface area contributed by atoms with Gasteiger partial charge in [0.05, 0.1) is 18.7 Å². The molecule has 0 unspecified atom stereocenters. The van der Waals surface area contributed by atoms with Gasteiger partial charge in [-0.1, -0.05) is 12.1 Å². The number of benzene rings is 1. The van der Waals surface area contributed by atoms with Crippen molar-refractivity contribution in [3.8, 4) is 11.5 Å². The fraction of sp³-hybridized carbons (Fsp3) is 0.533. The number of aliphatic hydroxyl groups is 1. The van der Waals surface area contributed by atoms with Crippen LogP contribution in [-0.4, -0.2) is 60.9 Å². The summed E-state index contributed by atoms with van der Waals surface area (Å²) in [6.45, 7) is 1.36. The summed E-state index contributed by atoms with van der Waals surface area (Å²) in [5, 5.41) is 12.5. The van der Waals surface area contributed by atoms with Gasteiger partial charge in [0.15, 0.2) is 17.6 Å². The lowest BCUT2D eigenvalue weighted by Crippen LogP contribution is -2.47. The molecule has 21 heavy (non-hydrogen) atoms. The highest BCUT2D eigenvalue weighted by atomic mass is 16.6. The maximum Gasteiger partial charge on any atom is 0.239 e. The number of likely N-dealkylation sites (N-methyl/N-ethyl adjacent to an activating group) is 1. The summed E-state index contributed by atoms with van der Waals surface area (Å²) in [6.07, 6.45) is -0.151. The van der Waals surface area contributed by atoms with Crippen molar-refractivity contribution < 1.29 is 19.4 Å². The quantitative estimate of drug-likeness (QED) is 0.821. The minimum Gasteiger partial charge on any atom is -0.486 e. The van der Waals surface area contributed by atoms with Crippen LogP contribution in [0.5, 0.6) is 11.5 Å². The Morgan fingerprint density at radius 2 is 2.19 bits per heavy atom. The number of para-hydroxylation sites is 2. The number of carbonyl (C=O) groups is 1. The van der Waals surface area contributed by atoms with E-state index in [1.54, 1.807) is 11.9 Å². The lowest BCUT2D eigenvalue weighted by atomic mass is 10.1. The van der Waals surface area contributed by atoms with Crippen LogP contribution in [0.3, 0.4) is 0 Å². The van der Waals surface area contributed by atoms with E-state index in [-0.39, 0.29) is 18.1 Å². The molecule has 2 heterocycles. The van der Waals surface area contributed by atoms with Gasteiger partial charge in [0.25, 0.3) is 0 Å². The van der Waals surface area contributed by atoms with Gasteiger partial charge in [-0.05, 0) is 18.6 Å². The number of nitrogens with zero attached hydrogens (tertiary/aromatic N) is 1. The summed E-state index contributed by atoms with van der Waals surface area (Å²) in [7, 11) is 1.75. The first-order valence-electron chi connectivity index (χ1n) is 7.18. The van der Waals surface area contributed by atoms with E-state index in [4.69, 9.17) is 9.47 Å². The third-order valence-electron chi connectivity index (χ3n) is 3.83. The molecule has 0 aliphatic carbocycles. The number of ether oxygens (including phenoxy) is 2. The highest BCUT2D eigenvalue weighted by Gasteiger charge is 2.32. The van der Waals surface area contributed by atoms with Crippen molar-refractivity contribution in [1.82, 2.24) is 10.2 Å². The monoisotopic (exact) mass is 292 g/mol. The SMILES string of the molecule is CN(C[C@@H]1COc2ccccc2O1)C(=O)[C@H]1C[C@@H](O)CN1. The molecule has 3 atom stereocenters. The molecule has 0 spiro atoms. The van der Waals surface area contributed by atoms with E-state index in [1.165, 1.54) is 0 Å². The summed E-state index contributed by atoms with van der Waals surface area (Å²) in [5.41, 5.74) is 0. The Morgan fingerprint density at radius 1 is 1.43 bits per heavy atom. The number of hydrogen-bond acceptors (Lipinski definition) is 5. The highest BCUT2D eigenvalue weighted by Crippen LogP contribution is 2.31. The Hall–Kier alpha value is -1.79. The Kier molecular flexibility index (Phi) is 3.98. The molecule has 2 N–H and O–H groups in total. The number of amides is 1. The maximum absolute atomic E-state index is 12.3. The third kappa shape index (κ3) is 3.11. The van der Waals surface area contributed by atoms with Crippen LogP contribution in [0.15, 0.2) is 24.3 Å². The van der Waals surface area contributed by atoms with Crippen molar-refractivity contribution in [1.29, 1.82) is 0 Å². The van der Waals surface area contributed by atoms with Crippen LogP contribution in [0.25, 0.3) is 0 Å². The first-order chi connectivity index (χ1) is 10.1. The second kappa shape index (κ2) is 5.91. The molecular weight excluding hydrogens is 272 g/mol. The van der Waals surface area contributed by atoms with Gasteiger partial charge in [-0.2, -0.15) is 0 Å². The zero-order chi connectivity index (χ0) is 14.8. The molecule has 114 valence electrons. The lowest BCUT2D eigenvalue weighted by molar-refractivity contribution is -0.133. The summed E-state index contributed by atoms with van der Waals surface area (Å²) < 4.78 is 11.5. The molecular formula is C15H20N2O4. The van der Waals surface area contributed by atoms with Gasteiger partial charge in [-0.25, -0.2) is 0 Å². The molecule has 1 aromatic rings. The summed E-state index contributed by atoms with van der Waals surface area (Å²) >= 11 is 0. The number of β-amino-alcohol motifs (C(OH)–C–C–N with tert-alkyl or cyclic N) is 1. The van der Waals surface area contributed by atoms with E-state index in [0.29, 0.717) is 31.9 Å². The van der Waals surface area contributed by atoms with E-state index in [1.807, 2.05) is 24.3 Å². The molecule has 2 aliphatic rings. The molecule has 2 aliphatic heterocycles. The van der Waals surface area contributed by atoms with Crippen LogP contribution in [0.1, 0.15) is 6.42 Å². The Morgan fingerprint density at radius 3 is 2.90 bits per heavy atom.